The summed E-state index contributed by atoms with van der Waals surface area (Å²) in [6.45, 7) is 24.0. The summed E-state index contributed by atoms with van der Waals surface area (Å²) in [6.07, 6.45) is 0. The summed E-state index contributed by atoms with van der Waals surface area (Å²) in [7, 11) is 2.74. The van der Waals surface area contributed by atoms with E-state index in [9.17, 15) is 33.4 Å². The van der Waals surface area contributed by atoms with Gasteiger partial charge < -0.3 is 63.0 Å². The van der Waals surface area contributed by atoms with Gasteiger partial charge in [0.2, 0.25) is 22.8 Å². The number of nitrogens with one attached hydrogen (secondary N) is 1. The number of hydrogen-bond donors (Lipinski definition) is 1. The Morgan fingerprint density at radius 3 is 1.37 bits per heavy atom. The first-order valence-corrected chi connectivity index (χ1v) is 35.3. The molecule has 12 rings (SSSR count). The summed E-state index contributed by atoms with van der Waals surface area (Å²) in [4.78, 5) is 49.9. The van der Waals surface area contributed by atoms with E-state index in [0.29, 0.717) is 36.5 Å². The number of halogens is 5. The van der Waals surface area contributed by atoms with Crippen molar-refractivity contribution in [2.24, 2.45) is 0 Å². The molecule has 548 valence electrons. The number of methoxy groups -OCH3 is 3. The largest absolute Gasteiger partial charge is 1.00 e. The molecular weight excluding hydrogens is 1540 g/mol. The van der Waals surface area contributed by atoms with Gasteiger partial charge in [0.15, 0.2) is 5.69 Å². The maximum Gasteiger partial charge on any atom is 1.00 e. The number of hydrogen-bond acceptors (Lipinski definition) is 23. The van der Waals surface area contributed by atoms with Crippen molar-refractivity contribution in [3.8, 4) is 49.1 Å². The molecule has 3 aromatic carbocycles. The Bertz CT molecular complexity index is 4220. The molecule has 10 aromatic rings. The molecule has 0 saturated carbocycles. The average molecular weight is 1620 g/mol. The molecule has 0 radical (unpaired) electrons. The van der Waals surface area contributed by atoms with Crippen molar-refractivity contribution >= 4 is 133 Å². The van der Waals surface area contributed by atoms with Gasteiger partial charge >= 0.3 is 87.6 Å². The number of benzene rings is 3. The molecule has 2 saturated heterocycles. The first-order chi connectivity index (χ1) is 47.9. The van der Waals surface area contributed by atoms with Crippen molar-refractivity contribution in [3.05, 3.63) is 187 Å². The van der Waals surface area contributed by atoms with Crippen LogP contribution >= 0.6 is 70.1 Å². The Balaban J connectivity index is 0.000000435. The van der Waals surface area contributed by atoms with Gasteiger partial charge in [0, 0.05) is 54.1 Å². The second kappa shape index (κ2) is 43.5. The summed E-state index contributed by atoms with van der Waals surface area (Å²) >= 11 is 13.3. The molecular formula is C68H78B2BrClF3N6Na2O17PS3. The minimum absolute atomic E-state index is 0. The standard InChI is InChI=1S/C16H26B2O4S.C16H11FN2O3S.C16H11FN2OS.C6H4BrF.C6H5ClN2O3.C6H15O3P.CH2O3.CH4.2Na.H/c1-13(2)14(3,4)20-17(19-13)11-9-10-12(23-11)18-21-15(5,6)16(7,8)22-18;1-22-15-9-6-12(19(20)21)16(18-15)14-8-7-13(23-14)10-2-4-11(17)5-3-10;1-20-14-7-6-11-15(19-14)16-12(18-11)8-13(21-16)9-2-4-10(17)5-3-9;7-5-1-3-6(8)4-2-5;1-12-5-3-2-4(9(10)11)6(7)8-5;1-4-7-10(8-5-2)9-6-3;2-1-4-3;;;;/h9-10H,1-8H3;2-9H,1H3;2-8,18H,1H3;1-4H;2-3H,1H3;4-6H2,1-3H3;1,3H;1H4;;;/q;;;;;;;;2*+1;-1/p-1. The minimum Gasteiger partial charge on any atom is -1.00 e. The predicted octanol–water partition coefficient (Wildman–Crippen LogP) is 11.2. The van der Waals surface area contributed by atoms with Crippen LogP contribution in [0.15, 0.2) is 144 Å². The molecule has 104 heavy (non-hydrogen) atoms. The molecule has 2 aliphatic rings. The van der Waals surface area contributed by atoms with Gasteiger partial charge in [-0.3, -0.25) is 25.0 Å². The van der Waals surface area contributed by atoms with Crippen molar-refractivity contribution < 1.29 is 145 Å². The number of nitro groups is 2. The Kier molecular flexibility index (Phi) is 38.7. The van der Waals surface area contributed by atoms with Crippen LogP contribution in [0.1, 0.15) is 85.0 Å². The summed E-state index contributed by atoms with van der Waals surface area (Å²) in [6, 6.07) is 37.8. The van der Waals surface area contributed by atoms with E-state index in [1.165, 1.54) is 86.2 Å². The van der Waals surface area contributed by atoms with Crippen molar-refractivity contribution in [1.82, 2.24) is 19.9 Å². The number of pyridine rings is 3. The van der Waals surface area contributed by atoms with Crippen LogP contribution in [0.3, 0.4) is 0 Å². The van der Waals surface area contributed by atoms with Crippen LogP contribution in [0.4, 0.5) is 24.5 Å². The van der Waals surface area contributed by atoms with Crippen molar-refractivity contribution in [1.29, 1.82) is 0 Å². The number of H-pyrrole nitrogens is 1. The molecule has 0 unspecified atom stereocenters. The third kappa shape index (κ3) is 26.1. The van der Waals surface area contributed by atoms with E-state index < -0.39 is 18.4 Å². The molecule has 1 N–H and O–H groups in total. The van der Waals surface area contributed by atoms with Crippen LogP contribution in [0.25, 0.3) is 52.7 Å². The number of aromatic amines is 1. The fourth-order valence-corrected chi connectivity index (χ4v) is 13.0. The zero-order chi connectivity index (χ0) is 74.4. The number of nitrogens with zero attached hydrogens (tertiary/aromatic N) is 5. The van der Waals surface area contributed by atoms with Gasteiger partial charge in [-0.2, -0.15) is 16.3 Å². The third-order valence-electron chi connectivity index (χ3n) is 15.0. The number of ether oxygens (including phenoxy) is 3. The topological polar surface area (TPSA) is 282 Å². The summed E-state index contributed by atoms with van der Waals surface area (Å²) < 4.78 is 97.0. The quantitative estimate of drug-likeness (QED) is 0.0169. The zero-order valence-electron chi connectivity index (χ0n) is 60.4. The second-order valence-electron chi connectivity index (χ2n) is 22.8. The van der Waals surface area contributed by atoms with Crippen LogP contribution in [-0.4, -0.2) is 114 Å². The van der Waals surface area contributed by atoms with Gasteiger partial charge in [-0.05, 0) is 160 Å². The van der Waals surface area contributed by atoms with Gasteiger partial charge in [0.1, 0.15) is 23.0 Å². The van der Waals surface area contributed by atoms with Gasteiger partial charge in [-0.1, -0.05) is 71.4 Å². The Hall–Kier alpha value is -5.52. The number of fused-ring (bicyclic) bond motifs is 3. The Labute approximate surface area is 674 Å². The van der Waals surface area contributed by atoms with E-state index in [-0.39, 0.29) is 157 Å². The van der Waals surface area contributed by atoms with Crippen molar-refractivity contribution in [3.63, 3.8) is 0 Å². The Morgan fingerprint density at radius 1 is 0.567 bits per heavy atom. The fourth-order valence-electron chi connectivity index (χ4n) is 8.56. The Morgan fingerprint density at radius 2 is 0.962 bits per heavy atom. The van der Waals surface area contributed by atoms with Crippen LogP contribution < -0.4 is 88.1 Å². The van der Waals surface area contributed by atoms with E-state index >= 15 is 0 Å². The maximum atomic E-state index is 13.0. The predicted molar refractivity (Wildman–Crippen MR) is 399 cm³/mol. The van der Waals surface area contributed by atoms with Gasteiger partial charge in [0.25, 0.3) is 12.2 Å². The molecule has 9 heterocycles. The summed E-state index contributed by atoms with van der Waals surface area (Å²) in [5.41, 5.74) is 3.41. The van der Waals surface area contributed by atoms with Gasteiger partial charge in [-0.15, -0.1) is 22.7 Å². The SMILES string of the molecule is C.CC1(C)OB(c2ccc(B3OC(C)(C)C(C)(C)O3)s2)OC1(C)C.CCOP(OCC)OCC.COc1ccc([N+](=O)[O-])c(-c2ccc(-c3ccc(F)cc3)s2)n1.COc1ccc([N+](=O)[O-])c(Cl)n1.COc1ccc2[nH]c3cc(-c4ccc(F)cc4)sc3c2n1.Fc1ccc(Br)cc1.O=CO[O-].[H-].[Na+].[Na+]. The molecule has 0 aliphatic carbocycles. The zero-order valence-corrected chi connectivity index (χ0v) is 69.1. The van der Waals surface area contributed by atoms with Crippen LogP contribution in [-0.2, 0) is 41.9 Å². The molecule has 0 spiro atoms. The van der Waals surface area contributed by atoms with E-state index in [0.717, 1.165) is 56.2 Å². The molecule has 0 atom stereocenters. The normalized spacial score (nSPS) is 13.8. The number of carbonyl (C=O) groups excluding carboxylic acids is 1. The number of thiophene rings is 3. The second-order valence-corrected chi connectivity index (χ2v) is 28.6. The summed E-state index contributed by atoms with van der Waals surface area (Å²) in [5, 5.41) is 29.7. The van der Waals surface area contributed by atoms with E-state index in [1.54, 1.807) is 72.2 Å². The average Bonchev–Trinajstić information content (AvgIpc) is 1.62. The fraction of sp³-hybridized carbons (Fsp3) is 0.324. The van der Waals surface area contributed by atoms with Crippen LogP contribution in [0, 0.1) is 37.7 Å². The maximum absolute atomic E-state index is 13.0. The van der Waals surface area contributed by atoms with Gasteiger partial charge in [0.05, 0.1) is 94.0 Å². The van der Waals surface area contributed by atoms with Crippen molar-refractivity contribution in [2.75, 3.05) is 41.2 Å². The van der Waals surface area contributed by atoms with Crippen molar-refractivity contribution in [2.45, 2.75) is 106 Å². The van der Waals surface area contributed by atoms with Gasteiger partial charge in [-0.25, -0.2) is 23.1 Å². The first-order valence-electron chi connectivity index (χ1n) is 30.6. The number of carbonyl (C=O) groups is 1. The number of aromatic nitrogens is 4. The molecule has 0 bridgehead atoms. The third-order valence-corrected chi connectivity index (χ3v) is 20.7. The molecule has 7 aromatic heterocycles. The minimum atomic E-state index is -1.06. The molecule has 2 aliphatic heterocycles. The molecule has 0 amide bonds. The monoisotopic (exact) mass is 1620 g/mol. The summed E-state index contributed by atoms with van der Waals surface area (Å²) in [5.74, 6) is 0.426. The molecule has 23 nitrogen and oxygen atoms in total. The number of rotatable bonds is 17. The van der Waals surface area contributed by atoms with Crippen LogP contribution in [0.5, 0.6) is 17.6 Å². The van der Waals surface area contributed by atoms with E-state index in [1.807, 2.05) is 51.1 Å². The molecule has 2 fully saturated rings. The molecule has 36 heteroatoms. The first kappa shape index (κ1) is 92.7. The van der Waals surface area contributed by atoms with E-state index in [2.05, 4.69) is 102 Å². The van der Waals surface area contributed by atoms with Crippen LogP contribution in [0.2, 0.25) is 5.15 Å². The smallest absolute Gasteiger partial charge is 1.00 e. The van der Waals surface area contributed by atoms with E-state index in [4.69, 9.17) is 68.1 Å².